The number of carbonyl (C=O) groups is 3. The zero-order valence-corrected chi connectivity index (χ0v) is 21.1. The van der Waals surface area contributed by atoms with Gasteiger partial charge in [-0.1, -0.05) is 25.6 Å². The minimum Gasteiger partial charge on any atom is -0.384 e. The van der Waals surface area contributed by atoms with Crippen molar-refractivity contribution in [3.63, 3.8) is 0 Å². The third-order valence-electron chi connectivity index (χ3n) is 5.75. The highest BCUT2D eigenvalue weighted by Gasteiger charge is 2.38. The zero-order chi connectivity index (χ0) is 24.1. The fourth-order valence-corrected chi connectivity index (χ4v) is 5.06. The first-order valence-electron chi connectivity index (χ1n) is 11.4. The van der Waals surface area contributed by atoms with Gasteiger partial charge in [-0.2, -0.15) is 0 Å². The van der Waals surface area contributed by atoms with E-state index in [0.29, 0.717) is 43.6 Å². The van der Waals surface area contributed by atoms with Gasteiger partial charge in [-0.25, -0.2) is 0 Å². The summed E-state index contributed by atoms with van der Waals surface area (Å²) in [5.41, 5.74) is 8.72. The molecule has 7 heteroatoms. The van der Waals surface area contributed by atoms with Gasteiger partial charge in [0.15, 0.2) is 16.7 Å². The lowest BCUT2D eigenvalue weighted by Gasteiger charge is -2.37. The van der Waals surface area contributed by atoms with Gasteiger partial charge in [0.05, 0.1) is 11.3 Å². The fraction of sp³-hybridized carbons (Fsp3) is 0.560. The molecule has 0 atom stereocenters. The lowest BCUT2D eigenvalue weighted by molar-refractivity contribution is -0.118. The molecule has 0 unspecified atom stereocenters. The molecule has 0 amide bonds. The molecule has 6 nitrogen and oxygen atoms in total. The molecule has 0 saturated heterocycles. The average molecular weight is 460 g/mol. The number of ketones is 2. The van der Waals surface area contributed by atoms with Crippen LogP contribution in [0.3, 0.4) is 0 Å². The molecule has 0 heterocycles. The lowest BCUT2D eigenvalue weighted by atomic mass is 9.73. The molecule has 0 saturated carbocycles. The summed E-state index contributed by atoms with van der Waals surface area (Å²) in [6.45, 7) is 14.2. The molecule has 1 aliphatic rings. The first-order valence-corrected chi connectivity index (χ1v) is 12.2. The van der Waals surface area contributed by atoms with E-state index in [2.05, 4.69) is 24.1 Å². The number of anilines is 1. The molecule has 3 N–H and O–H groups in total. The second-order valence-corrected chi connectivity index (χ2v) is 10.3. The molecular formula is C25H37N3O3S. The second kappa shape index (κ2) is 11.1. The molecule has 0 bridgehead atoms. The number of hydrogen-bond donors (Lipinski definition) is 2. The molecule has 0 spiro atoms. The number of nitrogens with one attached hydrogen (secondary N) is 1. The molecule has 2 rings (SSSR count). The Bertz CT molecular complexity index is 921. The summed E-state index contributed by atoms with van der Waals surface area (Å²) in [4.78, 5) is 41.7. The highest BCUT2D eigenvalue weighted by Crippen LogP contribution is 2.40. The topological polar surface area (TPSA) is 92.5 Å². The van der Waals surface area contributed by atoms with Crippen LogP contribution >= 0.6 is 11.8 Å². The minimum atomic E-state index is -0.234. The van der Waals surface area contributed by atoms with Crippen LogP contribution in [-0.4, -0.2) is 47.8 Å². The van der Waals surface area contributed by atoms with Gasteiger partial charge in [0, 0.05) is 49.1 Å². The Balaban J connectivity index is 2.63. The van der Waals surface area contributed by atoms with Crippen molar-refractivity contribution in [1.29, 1.82) is 0 Å². The van der Waals surface area contributed by atoms with Crippen molar-refractivity contribution in [2.75, 3.05) is 31.5 Å². The van der Waals surface area contributed by atoms with Crippen molar-refractivity contribution in [2.45, 2.75) is 65.7 Å². The lowest BCUT2D eigenvalue weighted by Crippen LogP contribution is -2.37. The highest BCUT2D eigenvalue weighted by atomic mass is 32.2. The van der Waals surface area contributed by atoms with E-state index in [0.717, 1.165) is 46.6 Å². The van der Waals surface area contributed by atoms with Crippen molar-refractivity contribution >= 4 is 34.1 Å². The summed E-state index contributed by atoms with van der Waals surface area (Å²) in [5.74, 6) is -0.332. The van der Waals surface area contributed by atoms with Crippen LogP contribution in [0.25, 0.3) is 0 Å². The molecular weight excluding hydrogens is 422 g/mol. The van der Waals surface area contributed by atoms with E-state index < -0.39 is 0 Å². The van der Waals surface area contributed by atoms with E-state index in [1.54, 1.807) is 12.1 Å². The minimum absolute atomic E-state index is 0.0178. The monoisotopic (exact) mass is 459 g/mol. The van der Waals surface area contributed by atoms with Crippen LogP contribution in [0.1, 0.15) is 69.8 Å². The number of allylic oxidation sites excluding steroid dienone is 2. The van der Waals surface area contributed by atoms with E-state index in [9.17, 15) is 14.4 Å². The number of rotatable bonds is 10. The van der Waals surface area contributed by atoms with Gasteiger partial charge < -0.3 is 16.0 Å². The maximum Gasteiger partial charge on any atom is 0.198 e. The zero-order valence-electron chi connectivity index (χ0n) is 20.3. The smallest absolute Gasteiger partial charge is 0.198 e. The number of thioether (sulfide) groups is 1. The summed E-state index contributed by atoms with van der Waals surface area (Å²) >= 11 is 1.14. The first kappa shape index (κ1) is 26.1. The van der Waals surface area contributed by atoms with Crippen molar-refractivity contribution in [3.8, 4) is 0 Å². The summed E-state index contributed by atoms with van der Waals surface area (Å²) < 4.78 is 0. The van der Waals surface area contributed by atoms with Crippen LogP contribution in [0.15, 0.2) is 28.3 Å². The molecule has 0 fully saturated rings. The van der Waals surface area contributed by atoms with Crippen LogP contribution in [0, 0.1) is 12.3 Å². The summed E-state index contributed by atoms with van der Waals surface area (Å²) in [6, 6.07) is 3.55. The Hall–Kier alpha value is -2.12. The number of nitrogens with zero attached hydrogens (tertiary/aromatic N) is 1. The molecule has 0 aliphatic heterocycles. The van der Waals surface area contributed by atoms with Crippen LogP contribution < -0.4 is 11.1 Å². The largest absolute Gasteiger partial charge is 0.384 e. The van der Waals surface area contributed by atoms with Gasteiger partial charge in [-0.3, -0.25) is 14.4 Å². The van der Waals surface area contributed by atoms with Crippen LogP contribution in [0.4, 0.5) is 5.69 Å². The van der Waals surface area contributed by atoms with E-state index in [-0.39, 0.29) is 22.1 Å². The van der Waals surface area contributed by atoms with Crippen LogP contribution in [0.2, 0.25) is 0 Å². The number of hydrogen-bond acceptors (Lipinski definition) is 7. The quantitative estimate of drug-likeness (QED) is 0.301. The van der Waals surface area contributed by atoms with Gasteiger partial charge in [-0.15, -0.1) is 0 Å². The Morgan fingerprint density at radius 1 is 1.22 bits per heavy atom. The molecule has 0 radical (unpaired) electrons. The van der Waals surface area contributed by atoms with Crippen molar-refractivity contribution in [3.05, 3.63) is 34.5 Å². The highest BCUT2D eigenvalue weighted by molar-refractivity contribution is 8.13. The SMILES string of the molecule is CCNc1c(SC(C)=O)ccc(C(=O)C2=C(N(CC)CCCN)CC(C)(C)CC2=O)c1C. The van der Waals surface area contributed by atoms with E-state index >= 15 is 0 Å². The first-order chi connectivity index (χ1) is 15.1. The third-order valence-corrected chi connectivity index (χ3v) is 6.60. The maximum absolute atomic E-state index is 13.8. The normalized spacial score (nSPS) is 15.7. The van der Waals surface area contributed by atoms with Gasteiger partial charge in [0.2, 0.25) is 0 Å². The molecule has 32 heavy (non-hydrogen) atoms. The Kier molecular flexibility index (Phi) is 9.10. The van der Waals surface area contributed by atoms with Crippen LogP contribution in [-0.2, 0) is 9.59 Å². The second-order valence-electron chi connectivity index (χ2n) is 9.05. The average Bonchev–Trinajstić information content (AvgIpc) is 2.69. The fourth-order valence-electron chi connectivity index (χ4n) is 4.29. The van der Waals surface area contributed by atoms with Gasteiger partial charge in [0.1, 0.15) is 0 Å². The Morgan fingerprint density at radius 3 is 2.47 bits per heavy atom. The molecule has 1 aromatic carbocycles. The molecule has 1 aromatic rings. The predicted molar refractivity (Wildman–Crippen MR) is 132 cm³/mol. The Labute approximate surface area is 196 Å². The molecule has 0 aromatic heterocycles. The standard InChI is InChI=1S/C25H37N3O3S/c1-7-27-23-16(3)18(10-11-21(23)32-17(4)29)24(31)22-19(28(8-2)13-9-12-26)14-25(5,6)15-20(22)30/h10-11,27H,7-9,12-15,26H2,1-6H3. The summed E-state index contributed by atoms with van der Waals surface area (Å²) in [7, 11) is 0. The number of benzene rings is 1. The van der Waals surface area contributed by atoms with Crippen molar-refractivity contribution < 1.29 is 14.4 Å². The van der Waals surface area contributed by atoms with Crippen molar-refractivity contribution in [2.24, 2.45) is 11.1 Å². The van der Waals surface area contributed by atoms with E-state index in [1.165, 1.54) is 6.92 Å². The van der Waals surface area contributed by atoms with Gasteiger partial charge in [0.25, 0.3) is 0 Å². The Morgan fingerprint density at radius 2 is 1.91 bits per heavy atom. The maximum atomic E-state index is 13.8. The number of Topliss-reactive ketones (excluding diaryl/α,β-unsaturated/α-hetero) is 2. The van der Waals surface area contributed by atoms with Gasteiger partial charge in [-0.05, 0) is 63.3 Å². The van der Waals surface area contributed by atoms with E-state index in [1.807, 2.05) is 20.8 Å². The summed E-state index contributed by atoms with van der Waals surface area (Å²) in [6.07, 6.45) is 1.83. The van der Waals surface area contributed by atoms with Gasteiger partial charge >= 0.3 is 0 Å². The van der Waals surface area contributed by atoms with Crippen LogP contribution in [0.5, 0.6) is 0 Å². The molecule has 176 valence electrons. The van der Waals surface area contributed by atoms with Crippen molar-refractivity contribution in [1.82, 2.24) is 4.90 Å². The third kappa shape index (κ3) is 6.01. The number of carbonyl (C=O) groups excluding carboxylic acids is 3. The summed E-state index contributed by atoms with van der Waals surface area (Å²) in [5, 5.41) is 3.28. The predicted octanol–water partition coefficient (Wildman–Crippen LogP) is 4.56. The molecule has 1 aliphatic carbocycles. The number of nitrogens with two attached hydrogens (primary N) is 1. The van der Waals surface area contributed by atoms with E-state index in [4.69, 9.17) is 5.73 Å².